The minimum atomic E-state index is -4.03. The maximum atomic E-state index is 12.3. The highest BCUT2D eigenvalue weighted by Gasteiger charge is 2.21. The molecule has 0 spiro atoms. The van der Waals surface area contributed by atoms with Gasteiger partial charge in [0.25, 0.3) is 15.9 Å². The first-order valence-electron chi connectivity index (χ1n) is 6.52. The van der Waals surface area contributed by atoms with Crippen LogP contribution in [0.25, 0.3) is 0 Å². The topological polar surface area (TPSA) is 81.7 Å². The second-order valence-corrected chi connectivity index (χ2v) is 7.50. The zero-order chi connectivity index (χ0) is 17.9. The molecule has 0 aliphatic rings. The number of nitrogens with one attached hydrogen (secondary N) is 1. The van der Waals surface area contributed by atoms with E-state index in [1.165, 1.54) is 50.6 Å². The van der Waals surface area contributed by atoms with Crippen LogP contribution in [0.5, 0.6) is 11.5 Å². The number of hydrogen-bond donors (Lipinski definition) is 1. The van der Waals surface area contributed by atoms with Crippen molar-refractivity contribution in [1.29, 1.82) is 0 Å². The van der Waals surface area contributed by atoms with Crippen molar-refractivity contribution in [3.63, 3.8) is 0 Å². The van der Waals surface area contributed by atoms with Gasteiger partial charge >= 0.3 is 0 Å². The molecule has 2 aromatic rings. The van der Waals surface area contributed by atoms with Gasteiger partial charge in [-0.1, -0.05) is 11.6 Å². The fraction of sp³-hybridized carbons (Fsp3) is 0.133. The molecule has 0 saturated carbocycles. The van der Waals surface area contributed by atoms with Crippen molar-refractivity contribution in [3.8, 4) is 11.5 Å². The van der Waals surface area contributed by atoms with Gasteiger partial charge in [-0.2, -0.15) is 0 Å². The number of amides is 1. The molecule has 0 heterocycles. The number of methoxy groups -OCH3 is 2. The van der Waals surface area contributed by atoms with Crippen LogP contribution >= 0.6 is 27.5 Å². The van der Waals surface area contributed by atoms with Crippen molar-refractivity contribution in [2.75, 3.05) is 14.2 Å². The highest BCUT2D eigenvalue weighted by atomic mass is 79.9. The Morgan fingerprint density at radius 2 is 1.58 bits per heavy atom. The van der Waals surface area contributed by atoms with E-state index in [9.17, 15) is 13.2 Å². The van der Waals surface area contributed by atoms with E-state index in [0.29, 0.717) is 21.0 Å². The summed E-state index contributed by atoms with van der Waals surface area (Å²) in [5.41, 5.74) is 0.0736. The monoisotopic (exact) mass is 433 g/mol. The molecule has 0 aromatic heterocycles. The number of ether oxygens (including phenoxy) is 2. The lowest BCUT2D eigenvalue weighted by atomic mass is 10.2. The summed E-state index contributed by atoms with van der Waals surface area (Å²) in [5, 5.41) is 0.391. The molecule has 0 saturated heterocycles. The summed E-state index contributed by atoms with van der Waals surface area (Å²) in [6.07, 6.45) is 0. The molecule has 9 heteroatoms. The molecule has 24 heavy (non-hydrogen) atoms. The quantitative estimate of drug-likeness (QED) is 0.781. The molecule has 6 nitrogen and oxygen atoms in total. The van der Waals surface area contributed by atoms with E-state index in [4.69, 9.17) is 21.1 Å². The Morgan fingerprint density at radius 3 is 2.04 bits per heavy atom. The van der Waals surface area contributed by atoms with Crippen LogP contribution in [0.1, 0.15) is 10.4 Å². The van der Waals surface area contributed by atoms with Crippen LogP contribution in [0, 0.1) is 0 Å². The number of carbonyl (C=O) groups is 1. The van der Waals surface area contributed by atoms with E-state index < -0.39 is 15.9 Å². The first-order valence-corrected chi connectivity index (χ1v) is 9.18. The minimum Gasteiger partial charge on any atom is -0.495 e. The predicted octanol–water partition coefficient (Wildman–Crippen LogP) is 3.24. The molecule has 0 aliphatic carbocycles. The van der Waals surface area contributed by atoms with Crippen LogP contribution in [-0.4, -0.2) is 28.5 Å². The van der Waals surface area contributed by atoms with Crippen molar-refractivity contribution in [2.24, 2.45) is 0 Å². The van der Waals surface area contributed by atoms with Gasteiger partial charge in [-0.3, -0.25) is 4.79 Å². The predicted molar refractivity (Wildman–Crippen MR) is 93.4 cm³/mol. The van der Waals surface area contributed by atoms with Gasteiger partial charge in [0.05, 0.1) is 19.1 Å². The minimum absolute atomic E-state index is 0.0729. The van der Waals surface area contributed by atoms with Gasteiger partial charge in [0.1, 0.15) is 16.0 Å². The SMILES string of the molecule is COc1cc(C(=O)NS(=O)(=O)c2ccc(Cl)cc2)cc(OC)c1Br. The third kappa shape index (κ3) is 4.00. The fourth-order valence-corrected chi connectivity index (χ4v) is 3.51. The summed E-state index contributed by atoms with van der Waals surface area (Å²) in [4.78, 5) is 12.2. The summed E-state index contributed by atoms with van der Waals surface area (Å²) in [6, 6.07) is 8.26. The van der Waals surface area contributed by atoms with Crippen molar-refractivity contribution < 1.29 is 22.7 Å². The number of rotatable bonds is 5. The van der Waals surface area contributed by atoms with Gasteiger partial charge in [0.2, 0.25) is 0 Å². The molecule has 0 atom stereocenters. The normalized spacial score (nSPS) is 11.0. The van der Waals surface area contributed by atoms with Gasteiger partial charge < -0.3 is 9.47 Å². The lowest BCUT2D eigenvalue weighted by molar-refractivity contribution is 0.0980. The Kier molecular flexibility index (Phi) is 5.74. The fourth-order valence-electron chi connectivity index (χ4n) is 1.85. The van der Waals surface area contributed by atoms with E-state index in [2.05, 4.69) is 15.9 Å². The van der Waals surface area contributed by atoms with E-state index >= 15 is 0 Å². The average molecular weight is 435 g/mol. The zero-order valence-electron chi connectivity index (χ0n) is 12.7. The molecule has 0 radical (unpaired) electrons. The van der Waals surface area contributed by atoms with E-state index in [1.54, 1.807) is 0 Å². The van der Waals surface area contributed by atoms with Crippen LogP contribution in [0.2, 0.25) is 5.02 Å². The Morgan fingerprint density at radius 1 is 1.08 bits per heavy atom. The highest BCUT2D eigenvalue weighted by molar-refractivity contribution is 9.10. The van der Waals surface area contributed by atoms with Crippen molar-refractivity contribution in [1.82, 2.24) is 4.72 Å². The first-order chi connectivity index (χ1) is 11.3. The Labute approximate surface area is 152 Å². The molecule has 128 valence electrons. The smallest absolute Gasteiger partial charge is 0.265 e. The molecule has 0 unspecified atom stereocenters. The van der Waals surface area contributed by atoms with Crippen LogP contribution in [0.3, 0.4) is 0 Å². The Bertz CT molecular complexity index is 843. The van der Waals surface area contributed by atoms with Crippen molar-refractivity contribution >= 4 is 43.5 Å². The van der Waals surface area contributed by atoms with Crippen LogP contribution in [0.15, 0.2) is 45.8 Å². The van der Waals surface area contributed by atoms with Gasteiger partial charge in [0, 0.05) is 10.6 Å². The molecule has 2 aromatic carbocycles. The molecule has 0 aliphatic heterocycles. The number of carbonyl (C=O) groups excluding carboxylic acids is 1. The number of sulfonamides is 1. The molecule has 2 rings (SSSR count). The third-order valence-corrected chi connectivity index (χ3v) is 5.44. The molecule has 0 bridgehead atoms. The van der Waals surface area contributed by atoms with E-state index in [1.807, 2.05) is 4.72 Å². The summed E-state index contributed by atoms with van der Waals surface area (Å²) < 4.78 is 37.3. The third-order valence-electron chi connectivity index (χ3n) is 3.06. The second-order valence-electron chi connectivity index (χ2n) is 4.58. The molecule has 0 fully saturated rings. The first kappa shape index (κ1) is 18.6. The molecule has 1 amide bonds. The second kappa shape index (κ2) is 7.42. The number of benzene rings is 2. The zero-order valence-corrected chi connectivity index (χ0v) is 15.8. The summed E-state index contributed by atoms with van der Waals surface area (Å²) >= 11 is 9.01. The molecule has 1 N–H and O–H groups in total. The molecular formula is C15H13BrClNO5S. The maximum absolute atomic E-state index is 12.3. The Hall–Kier alpha value is -1.77. The number of halogens is 2. The van der Waals surface area contributed by atoms with Gasteiger partial charge in [0.15, 0.2) is 0 Å². The Balaban J connectivity index is 2.34. The maximum Gasteiger partial charge on any atom is 0.265 e. The summed E-state index contributed by atoms with van der Waals surface area (Å²) in [7, 11) is -1.18. The average Bonchev–Trinajstić information content (AvgIpc) is 2.55. The van der Waals surface area contributed by atoms with Gasteiger partial charge in [-0.15, -0.1) is 0 Å². The van der Waals surface area contributed by atoms with E-state index in [0.717, 1.165) is 0 Å². The van der Waals surface area contributed by atoms with Crippen LogP contribution < -0.4 is 14.2 Å². The largest absolute Gasteiger partial charge is 0.495 e. The standard InChI is InChI=1S/C15H13BrClNO5S/c1-22-12-7-9(8-13(23-2)14(12)16)15(19)18-24(20,21)11-5-3-10(17)4-6-11/h3-8H,1-2H3,(H,18,19). The summed E-state index contributed by atoms with van der Waals surface area (Å²) in [5.74, 6) is -0.138. The highest BCUT2D eigenvalue weighted by Crippen LogP contribution is 2.35. The van der Waals surface area contributed by atoms with E-state index in [-0.39, 0.29) is 10.5 Å². The van der Waals surface area contributed by atoms with Crippen LogP contribution in [0.4, 0.5) is 0 Å². The van der Waals surface area contributed by atoms with Gasteiger partial charge in [-0.25, -0.2) is 13.1 Å². The number of hydrogen-bond acceptors (Lipinski definition) is 5. The lowest BCUT2D eigenvalue weighted by Crippen LogP contribution is -2.30. The van der Waals surface area contributed by atoms with Crippen molar-refractivity contribution in [3.05, 3.63) is 51.5 Å². The van der Waals surface area contributed by atoms with Gasteiger partial charge in [-0.05, 0) is 52.3 Å². The summed E-state index contributed by atoms with van der Waals surface area (Å²) in [6.45, 7) is 0. The lowest BCUT2D eigenvalue weighted by Gasteiger charge is -2.12. The van der Waals surface area contributed by atoms with Crippen molar-refractivity contribution in [2.45, 2.75) is 4.90 Å². The molecular weight excluding hydrogens is 422 g/mol. The van der Waals surface area contributed by atoms with Crippen LogP contribution in [-0.2, 0) is 10.0 Å².